The molecule has 0 spiro atoms. The lowest BCUT2D eigenvalue weighted by molar-refractivity contribution is -0.146. The van der Waals surface area contributed by atoms with Gasteiger partial charge in [-0.25, -0.2) is 0 Å². The Morgan fingerprint density at radius 1 is 0.889 bits per heavy atom. The van der Waals surface area contributed by atoms with Gasteiger partial charge in [-0.2, -0.15) is 0 Å². The van der Waals surface area contributed by atoms with Crippen LogP contribution in [0.5, 0.6) is 0 Å². The molecule has 0 unspecified atom stereocenters. The van der Waals surface area contributed by atoms with E-state index in [2.05, 4.69) is 10.6 Å². The molecule has 2 atom stereocenters. The Morgan fingerprint density at radius 2 is 1.22 bits per heavy atom. The van der Waals surface area contributed by atoms with Gasteiger partial charge in [0.25, 0.3) is 11.8 Å². The molecule has 0 saturated heterocycles. The van der Waals surface area contributed by atoms with Crippen molar-refractivity contribution in [1.82, 2.24) is 10.6 Å². The summed E-state index contributed by atoms with van der Waals surface area (Å²) < 4.78 is 0. The fraction of sp³-hybridized carbons (Fsp3) is 0.833. The number of unbranched alkanes of at least 4 members (excludes halogenated alkanes) is 2. The van der Waals surface area contributed by atoms with E-state index < -0.39 is 24.0 Å². The molecule has 0 bridgehead atoms. The zero-order chi connectivity index (χ0) is 14.0. The van der Waals surface area contributed by atoms with E-state index in [4.69, 9.17) is 0 Å². The van der Waals surface area contributed by atoms with Gasteiger partial charge in [0.05, 0.1) is 0 Å². The van der Waals surface area contributed by atoms with E-state index in [0.717, 1.165) is 25.7 Å². The van der Waals surface area contributed by atoms with Crippen LogP contribution in [-0.4, -0.2) is 47.3 Å². The molecule has 0 heterocycles. The molecule has 6 heteroatoms. The summed E-state index contributed by atoms with van der Waals surface area (Å²) in [6.45, 7) is 4.80. The molecule has 4 N–H and O–H groups in total. The zero-order valence-electron chi connectivity index (χ0n) is 11.1. The lowest BCUT2D eigenvalue weighted by Gasteiger charge is -2.17. The highest BCUT2D eigenvalue weighted by atomic mass is 16.3. The quantitative estimate of drug-likeness (QED) is 0.422. The van der Waals surface area contributed by atoms with Crippen LogP contribution in [0.2, 0.25) is 0 Å². The van der Waals surface area contributed by atoms with Crippen LogP contribution in [0.15, 0.2) is 0 Å². The summed E-state index contributed by atoms with van der Waals surface area (Å²) in [4.78, 5) is 22.8. The molecule has 0 aromatic rings. The summed E-state index contributed by atoms with van der Waals surface area (Å²) in [5.41, 5.74) is 0. The molecule has 2 amide bonds. The maximum absolute atomic E-state index is 11.4. The zero-order valence-corrected chi connectivity index (χ0v) is 11.1. The number of hydrogen-bond donors (Lipinski definition) is 4. The summed E-state index contributed by atoms with van der Waals surface area (Å²) in [6, 6.07) is 0. The third-order valence-electron chi connectivity index (χ3n) is 2.50. The summed E-state index contributed by atoms with van der Waals surface area (Å²) in [5, 5.41) is 23.9. The number of aliphatic hydroxyl groups excluding tert-OH is 2. The van der Waals surface area contributed by atoms with Gasteiger partial charge in [0.15, 0.2) is 12.2 Å². The minimum absolute atomic E-state index is 0.427. The van der Waals surface area contributed by atoms with E-state index in [-0.39, 0.29) is 0 Å². The molecule has 0 rings (SSSR count). The van der Waals surface area contributed by atoms with Gasteiger partial charge in [-0.15, -0.1) is 0 Å². The number of carbonyl (C=O) groups excluding carboxylic acids is 2. The molecule has 0 radical (unpaired) electrons. The molecular formula is C12H24N2O4. The van der Waals surface area contributed by atoms with Crippen molar-refractivity contribution in [2.75, 3.05) is 13.1 Å². The number of hydrogen-bond acceptors (Lipinski definition) is 4. The second kappa shape index (κ2) is 9.85. The van der Waals surface area contributed by atoms with E-state index in [1.54, 1.807) is 0 Å². The minimum atomic E-state index is -1.72. The van der Waals surface area contributed by atoms with Crippen molar-refractivity contribution < 1.29 is 19.8 Å². The molecule has 0 aliphatic carbocycles. The number of carbonyl (C=O) groups is 2. The number of aliphatic hydroxyl groups is 2. The molecule has 106 valence electrons. The minimum Gasteiger partial charge on any atom is -0.380 e. The van der Waals surface area contributed by atoms with Crippen LogP contribution in [-0.2, 0) is 9.59 Å². The van der Waals surface area contributed by atoms with E-state index in [1.165, 1.54) is 0 Å². The first-order valence-electron chi connectivity index (χ1n) is 6.46. The molecule has 0 aliphatic rings. The van der Waals surface area contributed by atoms with Gasteiger partial charge in [0.2, 0.25) is 0 Å². The Kier molecular flexibility index (Phi) is 9.22. The third kappa shape index (κ3) is 6.56. The van der Waals surface area contributed by atoms with Crippen molar-refractivity contribution in [3.05, 3.63) is 0 Å². The normalized spacial score (nSPS) is 13.8. The van der Waals surface area contributed by atoms with Gasteiger partial charge in [0, 0.05) is 13.1 Å². The average Bonchev–Trinajstić information content (AvgIpc) is 2.37. The molecule has 18 heavy (non-hydrogen) atoms. The highest BCUT2D eigenvalue weighted by Crippen LogP contribution is 1.96. The molecule has 0 aliphatic heterocycles. The standard InChI is InChI=1S/C12H24N2O4/c1-3-5-7-13-11(17)9(15)10(16)12(18)14-8-6-4-2/h9-10,15-16H,3-8H2,1-2H3,(H,13,17)(H,14,18)/t9-,10+. The number of rotatable bonds is 9. The van der Waals surface area contributed by atoms with Crippen LogP contribution in [0.3, 0.4) is 0 Å². The SMILES string of the molecule is CCCCNC(=O)[C@@H](O)[C@@H](O)C(=O)NCCCC. The van der Waals surface area contributed by atoms with Gasteiger partial charge in [-0.05, 0) is 12.8 Å². The summed E-state index contributed by atoms with van der Waals surface area (Å²) >= 11 is 0. The lowest BCUT2D eigenvalue weighted by Crippen LogP contribution is -2.49. The molecule has 0 aromatic heterocycles. The highest BCUT2D eigenvalue weighted by Gasteiger charge is 2.29. The maximum atomic E-state index is 11.4. The van der Waals surface area contributed by atoms with Gasteiger partial charge in [-0.1, -0.05) is 26.7 Å². The Labute approximate surface area is 108 Å². The second-order valence-corrected chi connectivity index (χ2v) is 4.18. The predicted molar refractivity (Wildman–Crippen MR) is 67.8 cm³/mol. The van der Waals surface area contributed by atoms with Crippen molar-refractivity contribution in [1.29, 1.82) is 0 Å². The van der Waals surface area contributed by atoms with E-state index in [9.17, 15) is 19.8 Å². The monoisotopic (exact) mass is 260 g/mol. The van der Waals surface area contributed by atoms with Crippen LogP contribution in [0, 0.1) is 0 Å². The van der Waals surface area contributed by atoms with Gasteiger partial charge in [-0.3, -0.25) is 9.59 Å². The fourth-order valence-corrected chi connectivity index (χ4v) is 1.27. The van der Waals surface area contributed by atoms with Gasteiger partial charge >= 0.3 is 0 Å². The topological polar surface area (TPSA) is 98.7 Å². The predicted octanol–water partition coefficient (Wildman–Crippen LogP) is -0.459. The highest BCUT2D eigenvalue weighted by molar-refractivity contribution is 5.90. The molecule has 0 fully saturated rings. The first kappa shape index (κ1) is 16.9. The molecular weight excluding hydrogens is 236 g/mol. The third-order valence-corrected chi connectivity index (χ3v) is 2.50. The van der Waals surface area contributed by atoms with Crippen molar-refractivity contribution in [3.8, 4) is 0 Å². The summed E-state index contributed by atoms with van der Waals surface area (Å²) in [7, 11) is 0. The number of nitrogens with one attached hydrogen (secondary N) is 2. The molecule has 6 nitrogen and oxygen atoms in total. The summed E-state index contributed by atoms with van der Waals surface area (Å²) in [5.74, 6) is -1.44. The van der Waals surface area contributed by atoms with Crippen LogP contribution in [0.25, 0.3) is 0 Å². The smallest absolute Gasteiger partial charge is 0.252 e. The van der Waals surface area contributed by atoms with Gasteiger partial charge in [0.1, 0.15) is 0 Å². The average molecular weight is 260 g/mol. The number of amides is 2. The van der Waals surface area contributed by atoms with Crippen molar-refractivity contribution >= 4 is 11.8 Å². The van der Waals surface area contributed by atoms with Crippen LogP contribution in [0.1, 0.15) is 39.5 Å². The maximum Gasteiger partial charge on any atom is 0.252 e. The van der Waals surface area contributed by atoms with Crippen molar-refractivity contribution in [2.24, 2.45) is 0 Å². The second-order valence-electron chi connectivity index (χ2n) is 4.18. The lowest BCUT2D eigenvalue weighted by atomic mass is 10.1. The van der Waals surface area contributed by atoms with E-state index in [1.807, 2.05) is 13.8 Å². The first-order chi connectivity index (χ1) is 8.54. The Morgan fingerprint density at radius 3 is 1.50 bits per heavy atom. The van der Waals surface area contributed by atoms with Gasteiger partial charge < -0.3 is 20.8 Å². The molecule has 0 saturated carbocycles. The largest absolute Gasteiger partial charge is 0.380 e. The van der Waals surface area contributed by atoms with Crippen molar-refractivity contribution in [3.63, 3.8) is 0 Å². The van der Waals surface area contributed by atoms with Crippen LogP contribution in [0.4, 0.5) is 0 Å². The first-order valence-corrected chi connectivity index (χ1v) is 6.46. The Balaban J connectivity index is 4.02. The van der Waals surface area contributed by atoms with Crippen LogP contribution < -0.4 is 10.6 Å². The Hall–Kier alpha value is -1.14. The molecule has 0 aromatic carbocycles. The van der Waals surface area contributed by atoms with E-state index >= 15 is 0 Å². The Bertz CT molecular complexity index is 232. The fourth-order valence-electron chi connectivity index (χ4n) is 1.27. The van der Waals surface area contributed by atoms with Crippen molar-refractivity contribution in [2.45, 2.75) is 51.7 Å². The van der Waals surface area contributed by atoms with Crippen LogP contribution >= 0.6 is 0 Å². The van der Waals surface area contributed by atoms with E-state index in [0.29, 0.717) is 13.1 Å². The summed E-state index contributed by atoms with van der Waals surface area (Å²) in [6.07, 6.45) is -0.0339.